The van der Waals surface area contributed by atoms with Crippen molar-refractivity contribution in [2.24, 2.45) is 0 Å². The lowest BCUT2D eigenvalue weighted by Gasteiger charge is -2.17. The van der Waals surface area contributed by atoms with Crippen LogP contribution in [0.2, 0.25) is 0 Å². The maximum absolute atomic E-state index is 11.7. The van der Waals surface area contributed by atoms with Crippen molar-refractivity contribution in [2.45, 2.75) is 6.42 Å². The van der Waals surface area contributed by atoms with Gasteiger partial charge in [0.25, 0.3) is 0 Å². The van der Waals surface area contributed by atoms with E-state index in [1.165, 1.54) is 11.3 Å². The number of carbonyl (C=O) groups excluding carboxylic acids is 1. The Morgan fingerprint density at radius 2 is 2.50 bits per heavy atom. The summed E-state index contributed by atoms with van der Waals surface area (Å²) in [4.78, 5) is 17.8. The molecule has 0 aliphatic carbocycles. The maximum atomic E-state index is 11.7. The first-order valence-electron chi connectivity index (χ1n) is 5.34. The highest BCUT2D eigenvalue weighted by molar-refractivity contribution is 7.13. The first-order chi connectivity index (χ1) is 7.84. The molecule has 1 saturated heterocycles. The van der Waals surface area contributed by atoms with Crippen LogP contribution >= 0.6 is 11.3 Å². The van der Waals surface area contributed by atoms with E-state index in [0.717, 1.165) is 26.1 Å². The molecule has 1 amide bonds. The van der Waals surface area contributed by atoms with Gasteiger partial charge in [0.2, 0.25) is 5.91 Å². The van der Waals surface area contributed by atoms with Crippen LogP contribution in [0, 0.1) is 0 Å². The van der Waals surface area contributed by atoms with Gasteiger partial charge in [0, 0.05) is 31.3 Å². The number of amides is 1. The number of carbonyl (C=O) groups is 1. The van der Waals surface area contributed by atoms with Crippen molar-refractivity contribution in [3.05, 3.63) is 11.6 Å². The maximum Gasteiger partial charge on any atom is 0.240 e. The standard InChI is InChI=1S/C10H15N3O2S/c14-9(12-10-11-2-7-16-10)8-13-3-1-5-15-6-4-13/h2,7H,1,3-6,8H2,(H,11,12,14). The highest BCUT2D eigenvalue weighted by Crippen LogP contribution is 2.10. The Kier molecular flexibility index (Phi) is 4.26. The summed E-state index contributed by atoms with van der Waals surface area (Å²) in [7, 11) is 0. The molecule has 1 fully saturated rings. The zero-order valence-electron chi connectivity index (χ0n) is 9.02. The number of ether oxygens (including phenoxy) is 1. The van der Waals surface area contributed by atoms with Crippen molar-refractivity contribution in [1.82, 2.24) is 9.88 Å². The molecular formula is C10H15N3O2S. The lowest BCUT2D eigenvalue weighted by atomic mass is 10.4. The SMILES string of the molecule is O=C(CN1CCCOCC1)Nc1nccs1. The van der Waals surface area contributed by atoms with E-state index in [4.69, 9.17) is 4.74 Å². The Morgan fingerprint density at radius 1 is 1.56 bits per heavy atom. The van der Waals surface area contributed by atoms with Gasteiger partial charge in [-0.25, -0.2) is 4.98 Å². The number of rotatable bonds is 3. The van der Waals surface area contributed by atoms with Crippen LogP contribution in [0.3, 0.4) is 0 Å². The molecule has 0 saturated carbocycles. The second-order valence-electron chi connectivity index (χ2n) is 3.63. The van der Waals surface area contributed by atoms with E-state index in [-0.39, 0.29) is 5.91 Å². The quantitative estimate of drug-likeness (QED) is 0.850. The van der Waals surface area contributed by atoms with Gasteiger partial charge in [0.1, 0.15) is 0 Å². The van der Waals surface area contributed by atoms with Crippen molar-refractivity contribution < 1.29 is 9.53 Å². The second kappa shape index (κ2) is 5.93. The van der Waals surface area contributed by atoms with Crippen molar-refractivity contribution in [2.75, 3.05) is 38.2 Å². The predicted molar refractivity (Wildman–Crippen MR) is 62.6 cm³/mol. The summed E-state index contributed by atoms with van der Waals surface area (Å²) in [5.74, 6) is -0.00292. The fraction of sp³-hybridized carbons (Fsp3) is 0.600. The molecule has 0 atom stereocenters. The number of thiazole rings is 1. The van der Waals surface area contributed by atoms with Gasteiger partial charge in [-0.3, -0.25) is 9.69 Å². The van der Waals surface area contributed by atoms with E-state index in [2.05, 4.69) is 15.2 Å². The summed E-state index contributed by atoms with van der Waals surface area (Å²) in [6.45, 7) is 3.68. The number of nitrogens with one attached hydrogen (secondary N) is 1. The largest absolute Gasteiger partial charge is 0.380 e. The van der Waals surface area contributed by atoms with Crippen molar-refractivity contribution in [3.63, 3.8) is 0 Å². The van der Waals surface area contributed by atoms with Crippen LogP contribution in [-0.2, 0) is 9.53 Å². The van der Waals surface area contributed by atoms with Gasteiger partial charge in [0.15, 0.2) is 5.13 Å². The fourth-order valence-corrected chi connectivity index (χ4v) is 2.15. The van der Waals surface area contributed by atoms with Crippen LogP contribution in [0.15, 0.2) is 11.6 Å². The molecule has 88 valence electrons. The Labute approximate surface area is 98.4 Å². The van der Waals surface area contributed by atoms with Crippen LogP contribution in [0.4, 0.5) is 5.13 Å². The van der Waals surface area contributed by atoms with Gasteiger partial charge in [-0.1, -0.05) is 0 Å². The molecule has 1 N–H and O–H groups in total. The molecule has 6 heteroatoms. The molecule has 1 aromatic heterocycles. The number of hydrogen-bond donors (Lipinski definition) is 1. The number of hydrogen-bond acceptors (Lipinski definition) is 5. The van der Waals surface area contributed by atoms with Crippen LogP contribution < -0.4 is 5.32 Å². The summed E-state index contributed by atoms with van der Waals surface area (Å²) >= 11 is 1.43. The molecule has 16 heavy (non-hydrogen) atoms. The molecule has 5 nitrogen and oxygen atoms in total. The number of nitrogens with zero attached hydrogens (tertiary/aromatic N) is 2. The van der Waals surface area contributed by atoms with E-state index >= 15 is 0 Å². The minimum Gasteiger partial charge on any atom is -0.380 e. The van der Waals surface area contributed by atoms with Crippen LogP contribution in [0.5, 0.6) is 0 Å². The van der Waals surface area contributed by atoms with Crippen LogP contribution in [0.1, 0.15) is 6.42 Å². The van der Waals surface area contributed by atoms with Crippen molar-refractivity contribution >= 4 is 22.4 Å². The highest BCUT2D eigenvalue weighted by Gasteiger charge is 2.13. The van der Waals surface area contributed by atoms with Gasteiger partial charge in [0.05, 0.1) is 13.2 Å². The summed E-state index contributed by atoms with van der Waals surface area (Å²) in [5.41, 5.74) is 0. The van der Waals surface area contributed by atoms with E-state index in [1.807, 2.05) is 5.38 Å². The molecule has 2 rings (SSSR count). The molecule has 0 unspecified atom stereocenters. The lowest BCUT2D eigenvalue weighted by molar-refractivity contribution is -0.117. The lowest BCUT2D eigenvalue weighted by Crippen LogP contribution is -2.34. The first kappa shape index (κ1) is 11.5. The van der Waals surface area contributed by atoms with Gasteiger partial charge in [-0.05, 0) is 6.42 Å². The zero-order chi connectivity index (χ0) is 11.2. The fourth-order valence-electron chi connectivity index (χ4n) is 1.60. The molecule has 1 aromatic rings. The van der Waals surface area contributed by atoms with Gasteiger partial charge >= 0.3 is 0 Å². The molecule has 1 aliphatic heterocycles. The Hall–Kier alpha value is -0.980. The monoisotopic (exact) mass is 241 g/mol. The minimum absolute atomic E-state index is 0.00292. The third-order valence-corrected chi connectivity index (χ3v) is 3.05. The predicted octanol–water partition coefficient (Wildman–Crippen LogP) is 0.804. The third kappa shape index (κ3) is 3.55. The third-order valence-electron chi connectivity index (χ3n) is 2.36. The number of anilines is 1. The van der Waals surface area contributed by atoms with Crippen LogP contribution in [0.25, 0.3) is 0 Å². The second-order valence-corrected chi connectivity index (χ2v) is 4.52. The molecule has 0 aromatic carbocycles. The minimum atomic E-state index is -0.00292. The first-order valence-corrected chi connectivity index (χ1v) is 6.22. The number of aromatic nitrogens is 1. The van der Waals surface area contributed by atoms with Crippen molar-refractivity contribution in [3.8, 4) is 0 Å². The summed E-state index contributed by atoms with van der Waals surface area (Å²) in [6, 6.07) is 0. The zero-order valence-corrected chi connectivity index (χ0v) is 9.83. The normalized spacial score (nSPS) is 18.0. The summed E-state index contributed by atoms with van der Waals surface area (Å²) < 4.78 is 5.33. The summed E-state index contributed by atoms with van der Waals surface area (Å²) in [6.07, 6.45) is 2.67. The average Bonchev–Trinajstić information content (AvgIpc) is 2.62. The van der Waals surface area contributed by atoms with Crippen molar-refractivity contribution in [1.29, 1.82) is 0 Å². The molecule has 1 aliphatic rings. The topological polar surface area (TPSA) is 54.5 Å². The Balaban J connectivity index is 1.77. The molecular weight excluding hydrogens is 226 g/mol. The van der Waals surface area contributed by atoms with Crippen LogP contribution in [-0.4, -0.2) is 48.6 Å². The highest BCUT2D eigenvalue weighted by atomic mass is 32.1. The summed E-state index contributed by atoms with van der Waals surface area (Å²) in [5, 5.41) is 5.28. The van der Waals surface area contributed by atoms with E-state index in [9.17, 15) is 4.79 Å². The van der Waals surface area contributed by atoms with Gasteiger partial charge in [-0.2, -0.15) is 0 Å². The van der Waals surface area contributed by atoms with E-state index in [0.29, 0.717) is 18.3 Å². The smallest absolute Gasteiger partial charge is 0.240 e. The van der Waals surface area contributed by atoms with E-state index in [1.54, 1.807) is 6.20 Å². The molecule has 2 heterocycles. The molecule has 0 radical (unpaired) electrons. The Bertz CT molecular complexity index is 321. The van der Waals surface area contributed by atoms with Gasteiger partial charge in [-0.15, -0.1) is 11.3 Å². The van der Waals surface area contributed by atoms with Gasteiger partial charge < -0.3 is 10.1 Å². The average molecular weight is 241 g/mol. The van der Waals surface area contributed by atoms with E-state index < -0.39 is 0 Å². The molecule has 0 spiro atoms. The molecule has 0 bridgehead atoms. The Morgan fingerprint density at radius 3 is 3.31 bits per heavy atom.